The van der Waals surface area contributed by atoms with Crippen LogP contribution in [0.3, 0.4) is 0 Å². The van der Waals surface area contributed by atoms with Crippen LogP contribution in [0.2, 0.25) is 5.02 Å². The van der Waals surface area contributed by atoms with Crippen molar-refractivity contribution in [1.82, 2.24) is 0 Å². The summed E-state index contributed by atoms with van der Waals surface area (Å²) in [5, 5.41) is 0.918. The first kappa shape index (κ1) is 14.6. The Hall–Kier alpha value is -0.490. The molecule has 17 heavy (non-hydrogen) atoms. The molecule has 0 radical (unpaired) electrons. The van der Waals surface area contributed by atoms with Crippen LogP contribution in [0.15, 0.2) is 18.2 Å². The first-order valence-corrected chi connectivity index (χ1v) is 6.72. The SMILES string of the molecule is CC(C)(C)Cc1ccc(CC(C)(C)C)c(Cl)c1. The molecule has 0 aliphatic rings. The van der Waals surface area contributed by atoms with Gasteiger partial charge in [-0.1, -0.05) is 65.3 Å². The number of rotatable bonds is 2. The van der Waals surface area contributed by atoms with E-state index in [1.165, 1.54) is 11.1 Å². The number of hydrogen-bond donors (Lipinski definition) is 0. The number of halogens is 1. The van der Waals surface area contributed by atoms with Crippen LogP contribution in [-0.2, 0) is 12.8 Å². The lowest BCUT2D eigenvalue weighted by Crippen LogP contribution is -2.11. The van der Waals surface area contributed by atoms with Crippen molar-refractivity contribution in [2.45, 2.75) is 54.4 Å². The molecule has 1 rings (SSSR count). The monoisotopic (exact) mass is 252 g/mol. The van der Waals surface area contributed by atoms with E-state index in [4.69, 9.17) is 11.6 Å². The average Bonchev–Trinajstić information content (AvgIpc) is 2.05. The number of benzene rings is 1. The van der Waals surface area contributed by atoms with Crippen molar-refractivity contribution >= 4 is 11.6 Å². The summed E-state index contributed by atoms with van der Waals surface area (Å²) >= 11 is 6.36. The molecule has 0 saturated carbocycles. The summed E-state index contributed by atoms with van der Waals surface area (Å²) in [6, 6.07) is 6.54. The van der Waals surface area contributed by atoms with E-state index in [9.17, 15) is 0 Å². The molecule has 0 unspecified atom stereocenters. The summed E-state index contributed by atoms with van der Waals surface area (Å²) < 4.78 is 0. The van der Waals surface area contributed by atoms with E-state index in [1.54, 1.807) is 0 Å². The van der Waals surface area contributed by atoms with Gasteiger partial charge in [0.25, 0.3) is 0 Å². The lowest BCUT2D eigenvalue weighted by atomic mass is 9.85. The van der Waals surface area contributed by atoms with E-state index >= 15 is 0 Å². The fraction of sp³-hybridized carbons (Fsp3) is 0.625. The van der Waals surface area contributed by atoms with E-state index in [1.807, 2.05) is 0 Å². The summed E-state index contributed by atoms with van der Waals surface area (Å²) in [6.07, 6.45) is 2.10. The van der Waals surface area contributed by atoms with Crippen molar-refractivity contribution < 1.29 is 0 Å². The second-order valence-corrected chi connectivity index (χ2v) is 7.81. The minimum absolute atomic E-state index is 0.287. The van der Waals surface area contributed by atoms with Gasteiger partial charge in [0.05, 0.1) is 0 Å². The molecule has 0 fully saturated rings. The molecule has 0 aliphatic heterocycles. The zero-order valence-electron chi connectivity index (χ0n) is 12.0. The second kappa shape index (κ2) is 5.02. The molecular weight excluding hydrogens is 228 g/mol. The molecule has 0 amide bonds. The quantitative estimate of drug-likeness (QED) is 0.650. The second-order valence-electron chi connectivity index (χ2n) is 7.40. The predicted molar refractivity (Wildman–Crippen MR) is 77.8 cm³/mol. The first-order chi connectivity index (χ1) is 7.57. The van der Waals surface area contributed by atoms with E-state index < -0.39 is 0 Å². The molecule has 1 aromatic carbocycles. The van der Waals surface area contributed by atoms with Gasteiger partial charge in [-0.15, -0.1) is 0 Å². The molecular formula is C16H25Cl. The molecule has 0 nitrogen and oxygen atoms in total. The minimum atomic E-state index is 0.287. The Morgan fingerprint density at radius 1 is 0.882 bits per heavy atom. The fourth-order valence-corrected chi connectivity index (χ4v) is 2.30. The topological polar surface area (TPSA) is 0 Å². The zero-order chi connectivity index (χ0) is 13.3. The maximum atomic E-state index is 6.36. The Labute approximate surface area is 111 Å². The van der Waals surface area contributed by atoms with Gasteiger partial charge in [0.1, 0.15) is 0 Å². The molecule has 1 aromatic rings. The Bertz CT molecular complexity index is 377. The van der Waals surface area contributed by atoms with Crippen molar-refractivity contribution in [1.29, 1.82) is 0 Å². The third-order valence-electron chi connectivity index (χ3n) is 2.57. The lowest BCUT2D eigenvalue weighted by Gasteiger charge is -2.21. The van der Waals surface area contributed by atoms with E-state index in [2.05, 4.69) is 59.7 Å². The fourth-order valence-electron chi connectivity index (χ4n) is 2.03. The van der Waals surface area contributed by atoms with Crippen LogP contribution in [-0.4, -0.2) is 0 Å². The predicted octanol–water partition coefficient (Wildman–Crippen LogP) is 5.52. The molecule has 0 spiro atoms. The first-order valence-electron chi connectivity index (χ1n) is 6.34. The van der Waals surface area contributed by atoms with Gasteiger partial charge in [0.2, 0.25) is 0 Å². The summed E-state index contributed by atoms with van der Waals surface area (Å²) in [5.74, 6) is 0. The van der Waals surface area contributed by atoms with Crippen molar-refractivity contribution in [3.05, 3.63) is 34.3 Å². The largest absolute Gasteiger partial charge is 0.0840 e. The third kappa shape index (κ3) is 5.59. The van der Waals surface area contributed by atoms with Gasteiger partial charge in [-0.25, -0.2) is 0 Å². The van der Waals surface area contributed by atoms with Crippen LogP contribution in [0, 0.1) is 10.8 Å². The summed E-state index contributed by atoms with van der Waals surface area (Å²) in [4.78, 5) is 0. The molecule has 0 atom stereocenters. The van der Waals surface area contributed by atoms with Gasteiger partial charge in [-0.2, -0.15) is 0 Å². The van der Waals surface area contributed by atoms with Gasteiger partial charge in [-0.05, 0) is 40.9 Å². The maximum Gasteiger partial charge on any atom is 0.0440 e. The maximum absolute atomic E-state index is 6.36. The van der Waals surface area contributed by atoms with Gasteiger partial charge in [-0.3, -0.25) is 0 Å². The molecule has 0 N–H and O–H groups in total. The Morgan fingerprint density at radius 2 is 1.41 bits per heavy atom. The van der Waals surface area contributed by atoms with Crippen molar-refractivity contribution in [2.24, 2.45) is 10.8 Å². The van der Waals surface area contributed by atoms with Crippen LogP contribution in [0.5, 0.6) is 0 Å². The molecule has 0 heterocycles. The standard InChI is InChI=1S/C16H25Cl/c1-15(2,3)10-12-7-8-13(14(17)9-12)11-16(4,5)6/h7-9H,10-11H2,1-6H3. The van der Waals surface area contributed by atoms with Crippen molar-refractivity contribution in [3.63, 3.8) is 0 Å². The summed E-state index contributed by atoms with van der Waals surface area (Å²) in [6.45, 7) is 13.5. The van der Waals surface area contributed by atoms with Crippen LogP contribution in [0.25, 0.3) is 0 Å². The van der Waals surface area contributed by atoms with Gasteiger partial charge in [0, 0.05) is 5.02 Å². The molecule has 0 aliphatic carbocycles. The molecule has 0 saturated heterocycles. The lowest BCUT2D eigenvalue weighted by molar-refractivity contribution is 0.407. The molecule has 1 heteroatoms. The summed E-state index contributed by atoms with van der Waals surface area (Å²) in [7, 11) is 0. The minimum Gasteiger partial charge on any atom is -0.0840 e. The normalized spacial score (nSPS) is 12.9. The highest BCUT2D eigenvalue weighted by molar-refractivity contribution is 6.31. The van der Waals surface area contributed by atoms with E-state index in [0.717, 1.165) is 17.9 Å². The molecule has 96 valence electrons. The smallest absolute Gasteiger partial charge is 0.0440 e. The van der Waals surface area contributed by atoms with Crippen LogP contribution >= 0.6 is 11.6 Å². The molecule has 0 aromatic heterocycles. The highest BCUT2D eigenvalue weighted by Gasteiger charge is 2.15. The average molecular weight is 253 g/mol. The van der Waals surface area contributed by atoms with Crippen molar-refractivity contribution in [3.8, 4) is 0 Å². The Balaban J connectivity index is 2.87. The zero-order valence-corrected chi connectivity index (χ0v) is 12.8. The van der Waals surface area contributed by atoms with Crippen molar-refractivity contribution in [2.75, 3.05) is 0 Å². The Kier molecular flexibility index (Phi) is 4.30. The highest BCUT2D eigenvalue weighted by Crippen LogP contribution is 2.28. The van der Waals surface area contributed by atoms with Gasteiger partial charge in [0.15, 0.2) is 0 Å². The van der Waals surface area contributed by atoms with Crippen LogP contribution < -0.4 is 0 Å². The summed E-state index contributed by atoms with van der Waals surface area (Å²) in [5.41, 5.74) is 3.20. The van der Waals surface area contributed by atoms with E-state index in [0.29, 0.717) is 5.41 Å². The van der Waals surface area contributed by atoms with E-state index in [-0.39, 0.29) is 5.41 Å². The Morgan fingerprint density at radius 3 is 1.82 bits per heavy atom. The third-order valence-corrected chi connectivity index (χ3v) is 2.92. The molecule has 0 bridgehead atoms. The van der Waals surface area contributed by atoms with Crippen LogP contribution in [0.4, 0.5) is 0 Å². The highest BCUT2D eigenvalue weighted by atomic mass is 35.5. The van der Waals surface area contributed by atoms with Gasteiger partial charge < -0.3 is 0 Å². The number of hydrogen-bond acceptors (Lipinski definition) is 0. The van der Waals surface area contributed by atoms with Gasteiger partial charge >= 0.3 is 0 Å². The van der Waals surface area contributed by atoms with Crippen LogP contribution in [0.1, 0.15) is 52.7 Å².